The molecule has 3 unspecified atom stereocenters. The minimum Gasteiger partial charge on any atom is -0.489 e. The van der Waals surface area contributed by atoms with Gasteiger partial charge in [-0.2, -0.15) is 0 Å². The molecule has 0 spiro atoms. The van der Waals surface area contributed by atoms with Crippen LogP contribution in [0.1, 0.15) is 87.4 Å². The first-order valence-corrected chi connectivity index (χ1v) is 16.8. The first kappa shape index (κ1) is 33.1. The highest BCUT2D eigenvalue weighted by Gasteiger charge is 2.38. The van der Waals surface area contributed by atoms with Crippen LogP contribution >= 0.6 is 11.3 Å². The van der Waals surface area contributed by atoms with Gasteiger partial charge in [0.2, 0.25) is 0 Å². The van der Waals surface area contributed by atoms with Crippen LogP contribution in [0.25, 0.3) is 21.5 Å². The van der Waals surface area contributed by atoms with E-state index in [-0.39, 0.29) is 41.5 Å². The number of methoxy groups -OCH3 is 1. The molecule has 9 nitrogen and oxygen atoms in total. The molecule has 2 aliphatic rings. The lowest BCUT2D eigenvalue weighted by molar-refractivity contribution is -0.274. The quantitative estimate of drug-likeness (QED) is 0.158. The van der Waals surface area contributed by atoms with Crippen molar-refractivity contribution in [1.82, 2.24) is 15.5 Å². The molecule has 0 radical (unpaired) electrons. The van der Waals surface area contributed by atoms with Gasteiger partial charge in [0, 0.05) is 41.7 Å². The van der Waals surface area contributed by atoms with E-state index in [1.54, 1.807) is 24.3 Å². The first-order valence-electron chi connectivity index (χ1n) is 16.0. The molecule has 6 rings (SSSR count). The summed E-state index contributed by atoms with van der Waals surface area (Å²) in [6, 6.07) is 10.00. The molecule has 1 saturated heterocycles. The second kappa shape index (κ2) is 13.3. The van der Waals surface area contributed by atoms with Gasteiger partial charge in [0.1, 0.15) is 28.5 Å². The number of nitrogens with zero attached hydrogens (tertiary/aromatic N) is 3. The van der Waals surface area contributed by atoms with Crippen LogP contribution < -0.4 is 19.7 Å². The van der Waals surface area contributed by atoms with Gasteiger partial charge >= 0.3 is 12.3 Å². The fourth-order valence-electron chi connectivity index (χ4n) is 6.47. The van der Waals surface area contributed by atoms with Crippen molar-refractivity contribution in [3.8, 4) is 22.8 Å². The zero-order valence-electron chi connectivity index (χ0n) is 27.0. The molecule has 1 aliphatic carbocycles. The lowest BCUT2D eigenvalue weighted by atomic mass is 9.90. The molecule has 1 saturated carbocycles. The molecule has 4 aromatic rings. The van der Waals surface area contributed by atoms with Gasteiger partial charge in [-0.15, -0.1) is 13.2 Å². The van der Waals surface area contributed by atoms with E-state index in [2.05, 4.69) is 34.0 Å². The molecule has 2 fully saturated rings. The van der Waals surface area contributed by atoms with Crippen LogP contribution in [0.15, 0.2) is 40.9 Å². The fourth-order valence-corrected chi connectivity index (χ4v) is 7.67. The van der Waals surface area contributed by atoms with Crippen molar-refractivity contribution in [2.24, 2.45) is 0 Å². The molecule has 3 atom stereocenters. The molecule has 252 valence electrons. The lowest BCUT2D eigenvalue weighted by Gasteiger charge is -2.44. The summed E-state index contributed by atoms with van der Waals surface area (Å²) in [5, 5.41) is 8.82. The summed E-state index contributed by atoms with van der Waals surface area (Å²) < 4.78 is 61.6. The molecule has 13 heteroatoms. The number of hydrogen-bond donors (Lipinski definition) is 1. The van der Waals surface area contributed by atoms with Gasteiger partial charge in [-0.3, -0.25) is 0 Å². The number of thiazole rings is 1. The van der Waals surface area contributed by atoms with Crippen LogP contribution in [0.5, 0.6) is 11.5 Å². The maximum atomic E-state index is 13.2. The molecule has 2 aromatic carbocycles. The molecule has 0 bridgehead atoms. The number of nitrogens with one attached hydrogen (secondary N) is 1. The monoisotopic (exact) mass is 672 g/mol. The maximum Gasteiger partial charge on any atom is 0.573 e. The number of fused-ring (bicyclic) bond motifs is 1. The minimum absolute atomic E-state index is 0.0996. The van der Waals surface area contributed by atoms with E-state index in [0.717, 1.165) is 58.8 Å². The Hall–Kier alpha value is -3.84. The number of alkyl halides is 3. The van der Waals surface area contributed by atoms with Crippen LogP contribution in [-0.4, -0.2) is 53.8 Å². The van der Waals surface area contributed by atoms with Gasteiger partial charge in [-0.25, -0.2) is 9.78 Å². The summed E-state index contributed by atoms with van der Waals surface area (Å²) >= 11 is 1.53. The number of carbonyl (C=O) groups is 1. The molecule has 2 aromatic heterocycles. The van der Waals surface area contributed by atoms with Crippen molar-refractivity contribution in [2.75, 3.05) is 12.0 Å². The van der Waals surface area contributed by atoms with Crippen molar-refractivity contribution in [3.05, 3.63) is 53.3 Å². The largest absolute Gasteiger partial charge is 0.573 e. The van der Waals surface area contributed by atoms with E-state index in [4.69, 9.17) is 19.0 Å². The average molecular weight is 673 g/mol. The molecule has 1 N–H and O–H groups in total. The summed E-state index contributed by atoms with van der Waals surface area (Å²) in [4.78, 5) is 19.8. The van der Waals surface area contributed by atoms with Crippen molar-refractivity contribution in [3.63, 3.8) is 0 Å². The van der Waals surface area contributed by atoms with Gasteiger partial charge in [0.25, 0.3) is 0 Å². The number of aromatic nitrogens is 2. The number of carbonyl (C=O) groups excluding carboxylic acids is 1. The van der Waals surface area contributed by atoms with Gasteiger partial charge in [0.15, 0.2) is 5.13 Å². The standard InChI is InChI=1S/C34H39F3N4O5S/c1-6-23-16-22(13-19(4)41(23)33-39-30-27(44-18(2)3)14-21(32(42)43-5)15-28(30)47-33)38-17-25-29(40-46-31(25)20-11-12-20)24-9-7-8-10-26(24)45-34(35,36)37/h7-10,14-15,18-20,22-23,38H,6,11-13,16-17H2,1-5H3. The number of rotatable bonds is 11. The van der Waals surface area contributed by atoms with Gasteiger partial charge in [-0.05, 0) is 77.1 Å². The zero-order chi connectivity index (χ0) is 33.5. The topological polar surface area (TPSA) is 99.0 Å². The second-order valence-electron chi connectivity index (χ2n) is 12.5. The van der Waals surface area contributed by atoms with Gasteiger partial charge < -0.3 is 29.0 Å². The molecule has 47 heavy (non-hydrogen) atoms. The highest BCUT2D eigenvalue weighted by molar-refractivity contribution is 7.22. The Balaban J connectivity index is 1.24. The molecular formula is C34H39F3N4O5S. The Morgan fingerprint density at radius 2 is 1.94 bits per heavy atom. The van der Waals surface area contributed by atoms with E-state index < -0.39 is 12.3 Å². The Morgan fingerprint density at radius 3 is 2.62 bits per heavy atom. The normalized spacial score (nSPS) is 20.2. The Morgan fingerprint density at radius 1 is 1.17 bits per heavy atom. The first-order chi connectivity index (χ1) is 22.5. The third-order valence-corrected chi connectivity index (χ3v) is 9.69. The highest BCUT2D eigenvalue weighted by Crippen LogP contribution is 2.46. The van der Waals surface area contributed by atoms with Crippen molar-refractivity contribution < 1.29 is 36.7 Å². The molecule has 1 aliphatic heterocycles. The maximum absolute atomic E-state index is 13.2. The molecular weight excluding hydrogens is 633 g/mol. The molecule has 0 amide bonds. The second-order valence-corrected chi connectivity index (χ2v) is 13.5. The third kappa shape index (κ3) is 7.20. The summed E-state index contributed by atoms with van der Waals surface area (Å²) in [6.07, 6.45) is -0.458. The van der Waals surface area contributed by atoms with Crippen LogP contribution in [0.3, 0.4) is 0 Å². The fraction of sp³-hybridized carbons (Fsp3) is 0.500. The van der Waals surface area contributed by atoms with Crippen LogP contribution in [0.4, 0.5) is 18.3 Å². The van der Waals surface area contributed by atoms with Crippen molar-refractivity contribution in [1.29, 1.82) is 0 Å². The van der Waals surface area contributed by atoms with Crippen molar-refractivity contribution >= 4 is 32.7 Å². The molecule has 3 heterocycles. The predicted octanol–water partition coefficient (Wildman–Crippen LogP) is 8.23. The highest BCUT2D eigenvalue weighted by atomic mass is 32.1. The number of ether oxygens (including phenoxy) is 3. The Kier molecular flexibility index (Phi) is 9.39. The number of halogens is 3. The van der Waals surface area contributed by atoms with E-state index >= 15 is 0 Å². The van der Waals surface area contributed by atoms with Crippen molar-refractivity contribution in [2.45, 2.75) is 103 Å². The summed E-state index contributed by atoms with van der Waals surface area (Å²) in [5.41, 5.74) is 2.53. The van der Waals surface area contributed by atoms with E-state index in [0.29, 0.717) is 23.6 Å². The summed E-state index contributed by atoms with van der Waals surface area (Å²) in [6.45, 7) is 8.61. The van der Waals surface area contributed by atoms with Gasteiger partial charge in [-0.1, -0.05) is 35.5 Å². The smallest absolute Gasteiger partial charge is 0.489 e. The number of hydrogen-bond acceptors (Lipinski definition) is 10. The predicted molar refractivity (Wildman–Crippen MR) is 173 cm³/mol. The van der Waals surface area contributed by atoms with E-state index in [1.807, 2.05) is 13.8 Å². The van der Waals surface area contributed by atoms with Crippen LogP contribution in [-0.2, 0) is 11.3 Å². The van der Waals surface area contributed by atoms with Gasteiger partial charge in [0.05, 0.1) is 23.5 Å². The van der Waals surface area contributed by atoms with Crippen LogP contribution in [0, 0.1) is 0 Å². The van der Waals surface area contributed by atoms with E-state index in [9.17, 15) is 18.0 Å². The zero-order valence-corrected chi connectivity index (χ0v) is 27.8. The Labute approximate surface area is 275 Å². The summed E-state index contributed by atoms with van der Waals surface area (Å²) in [7, 11) is 1.36. The number of piperidine rings is 1. The number of anilines is 1. The van der Waals surface area contributed by atoms with Crippen LogP contribution in [0.2, 0.25) is 0 Å². The number of esters is 1. The minimum atomic E-state index is -4.83. The number of benzene rings is 2. The summed E-state index contributed by atoms with van der Waals surface area (Å²) in [5.74, 6) is 0.764. The Bertz CT molecular complexity index is 1730. The lowest BCUT2D eigenvalue weighted by Crippen LogP contribution is -2.53. The third-order valence-electron chi connectivity index (χ3n) is 8.68. The SMILES string of the molecule is CCC1CC(NCc2c(-c3ccccc3OC(F)(F)F)noc2C2CC2)CC(C)N1c1nc2c(OC(C)C)cc(C(=O)OC)cc2s1. The average Bonchev–Trinajstić information content (AvgIpc) is 3.63. The number of para-hydroxylation sites is 1. The van der Waals surface area contributed by atoms with E-state index in [1.165, 1.54) is 30.6 Å².